The summed E-state index contributed by atoms with van der Waals surface area (Å²) in [7, 11) is -3.81. The summed E-state index contributed by atoms with van der Waals surface area (Å²) in [6, 6.07) is 0. The molecule has 0 unspecified atom stereocenters. The maximum atomic E-state index is 11.6. The normalized spacial score (nSPS) is 11.2. The molecule has 0 amide bonds. The predicted octanol–water partition coefficient (Wildman–Crippen LogP) is 3.83. The molecule has 0 aromatic carbocycles. The van der Waals surface area contributed by atoms with E-state index in [1.165, 1.54) is 38.5 Å². The van der Waals surface area contributed by atoms with Crippen molar-refractivity contribution in [3.63, 3.8) is 0 Å². The van der Waals surface area contributed by atoms with E-state index in [0.29, 0.717) is 39.5 Å². The highest BCUT2D eigenvalue weighted by Crippen LogP contribution is 2.09. The lowest BCUT2D eigenvalue weighted by Crippen LogP contribution is -2.16. The summed E-state index contributed by atoms with van der Waals surface area (Å²) < 4.78 is 43.0. The van der Waals surface area contributed by atoms with Crippen LogP contribution in [0.15, 0.2) is 0 Å². The van der Waals surface area contributed by atoms with Gasteiger partial charge in [0.25, 0.3) is 0 Å². The fourth-order valence-electron chi connectivity index (χ4n) is 2.28. The van der Waals surface area contributed by atoms with Crippen LogP contribution in [0, 0.1) is 12.0 Å². The van der Waals surface area contributed by atoms with E-state index in [1.54, 1.807) is 0 Å². The molecule has 0 fully saturated rings. The van der Waals surface area contributed by atoms with Crippen LogP contribution < -0.4 is 0 Å². The van der Waals surface area contributed by atoms with Crippen molar-refractivity contribution >= 4 is 10.1 Å². The second-order valence-electron chi connectivity index (χ2n) is 6.34. The van der Waals surface area contributed by atoms with E-state index < -0.39 is 10.1 Å². The van der Waals surface area contributed by atoms with Gasteiger partial charge in [0.15, 0.2) is 6.11 Å². The van der Waals surface area contributed by atoms with Gasteiger partial charge in [0.2, 0.25) is 0 Å². The predicted molar refractivity (Wildman–Crippen MR) is 109 cm³/mol. The number of hydrogen-bond acceptors (Lipinski definition) is 7. The summed E-state index contributed by atoms with van der Waals surface area (Å²) >= 11 is 0. The number of unbranched alkanes of at least 4 members (excludes halogenated alkanes) is 8. The molecule has 0 rings (SSSR count). The largest absolute Gasteiger partial charge is 0.379 e. The van der Waals surface area contributed by atoms with Crippen molar-refractivity contribution in [2.45, 2.75) is 71.6 Å². The Bertz CT molecular complexity index is 483. The third-order valence-electron chi connectivity index (χ3n) is 3.83. The first-order valence-corrected chi connectivity index (χ1v) is 12.0. The standard InChI is InChI=1S/C20H38O7S/c1-3-5-6-7-8-9-10-11-12-13-14-26-27-28(21,22)20-19-25-18-17-24-16-15-23-4-2/h3-12,15-20H2,1-2H3. The van der Waals surface area contributed by atoms with Crippen LogP contribution in [0.3, 0.4) is 0 Å². The molecule has 0 heterocycles. The van der Waals surface area contributed by atoms with Crippen molar-refractivity contribution in [3.05, 3.63) is 0 Å². The zero-order chi connectivity index (χ0) is 20.8. The average molecular weight is 423 g/mol. The van der Waals surface area contributed by atoms with Gasteiger partial charge in [-0.3, -0.25) is 4.89 Å². The molecular weight excluding hydrogens is 384 g/mol. The first-order chi connectivity index (χ1) is 13.6. The topological polar surface area (TPSA) is 80.3 Å². The third kappa shape index (κ3) is 21.5. The summed E-state index contributed by atoms with van der Waals surface area (Å²) in [5.41, 5.74) is 0. The van der Waals surface area contributed by atoms with E-state index in [-0.39, 0.29) is 12.4 Å². The van der Waals surface area contributed by atoms with Gasteiger partial charge in [0.1, 0.15) is 5.75 Å². The average Bonchev–Trinajstić information content (AvgIpc) is 2.67. The van der Waals surface area contributed by atoms with Gasteiger partial charge in [-0.05, 0) is 17.7 Å². The van der Waals surface area contributed by atoms with E-state index in [2.05, 4.69) is 28.2 Å². The Kier molecular flexibility index (Phi) is 20.2. The van der Waals surface area contributed by atoms with Gasteiger partial charge in [-0.2, -0.15) is 8.42 Å². The minimum absolute atomic E-state index is 0.00615. The molecule has 0 bridgehead atoms. The molecule has 166 valence electrons. The summed E-state index contributed by atoms with van der Waals surface area (Å²) in [6.07, 6.45) is 12.8. The molecule has 28 heavy (non-hydrogen) atoms. The Hall–Kier alpha value is -0.850. The van der Waals surface area contributed by atoms with Crippen molar-refractivity contribution in [2.24, 2.45) is 0 Å². The number of hydrogen-bond donors (Lipinski definition) is 0. The van der Waals surface area contributed by atoms with Crippen LogP contribution in [0.1, 0.15) is 71.6 Å². The number of ether oxygens (including phenoxy) is 3. The van der Waals surface area contributed by atoms with Crippen LogP contribution in [0.4, 0.5) is 0 Å². The molecule has 0 aromatic heterocycles. The lowest BCUT2D eigenvalue weighted by atomic mass is 10.1. The molecule has 0 aromatic rings. The molecule has 0 atom stereocenters. The van der Waals surface area contributed by atoms with Crippen LogP contribution in [-0.2, 0) is 33.6 Å². The zero-order valence-electron chi connectivity index (χ0n) is 17.6. The van der Waals surface area contributed by atoms with Gasteiger partial charge < -0.3 is 14.2 Å². The quantitative estimate of drug-likeness (QED) is 0.128. The van der Waals surface area contributed by atoms with Gasteiger partial charge in [-0.1, -0.05) is 57.8 Å². The smallest absolute Gasteiger partial charge is 0.306 e. The molecule has 0 saturated carbocycles. The minimum Gasteiger partial charge on any atom is -0.379 e. The molecular formula is C20H38O7S. The van der Waals surface area contributed by atoms with E-state index in [9.17, 15) is 8.42 Å². The Morgan fingerprint density at radius 3 is 1.93 bits per heavy atom. The highest BCUT2D eigenvalue weighted by Gasteiger charge is 2.12. The monoisotopic (exact) mass is 422 g/mol. The van der Waals surface area contributed by atoms with Gasteiger partial charge >= 0.3 is 10.1 Å². The second kappa shape index (κ2) is 20.9. The summed E-state index contributed by atoms with van der Waals surface area (Å²) in [6.45, 7) is 6.51. The molecule has 0 N–H and O–H groups in total. The van der Waals surface area contributed by atoms with E-state index in [1.807, 2.05) is 6.92 Å². The van der Waals surface area contributed by atoms with Crippen LogP contribution in [0.5, 0.6) is 0 Å². The minimum atomic E-state index is -3.81. The fraction of sp³-hybridized carbons (Fsp3) is 0.900. The highest BCUT2D eigenvalue weighted by atomic mass is 32.2. The van der Waals surface area contributed by atoms with Crippen LogP contribution in [-0.4, -0.2) is 53.8 Å². The van der Waals surface area contributed by atoms with Crippen molar-refractivity contribution in [1.29, 1.82) is 0 Å². The fourth-order valence-corrected chi connectivity index (χ4v) is 2.80. The van der Waals surface area contributed by atoms with Crippen LogP contribution in [0.2, 0.25) is 0 Å². The van der Waals surface area contributed by atoms with Crippen molar-refractivity contribution in [3.8, 4) is 12.0 Å². The molecule has 7 nitrogen and oxygen atoms in total. The van der Waals surface area contributed by atoms with E-state index in [4.69, 9.17) is 14.2 Å². The van der Waals surface area contributed by atoms with Gasteiger partial charge in [0, 0.05) is 13.0 Å². The lowest BCUT2D eigenvalue weighted by Gasteiger charge is -2.05. The summed E-state index contributed by atoms with van der Waals surface area (Å²) in [5, 5.41) is 0. The highest BCUT2D eigenvalue weighted by molar-refractivity contribution is 7.86. The maximum absolute atomic E-state index is 11.6. The molecule has 0 aliphatic carbocycles. The molecule has 8 heteroatoms. The Labute approximate surface area is 171 Å². The van der Waals surface area contributed by atoms with Gasteiger partial charge in [0.05, 0.1) is 33.0 Å². The Morgan fingerprint density at radius 1 is 0.714 bits per heavy atom. The molecule has 0 spiro atoms. The molecule has 0 aliphatic heterocycles. The number of rotatable bonds is 20. The molecule has 0 saturated heterocycles. The third-order valence-corrected chi connectivity index (χ3v) is 4.77. The van der Waals surface area contributed by atoms with Crippen molar-refractivity contribution in [2.75, 3.05) is 45.4 Å². The van der Waals surface area contributed by atoms with Gasteiger partial charge in [-0.25, -0.2) is 0 Å². The first kappa shape index (κ1) is 27.1. The maximum Gasteiger partial charge on any atom is 0.306 e. The van der Waals surface area contributed by atoms with Crippen LogP contribution in [0.25, 0.3) is 0 Å². The van der Waals surface area contributed by atoms with E-state index >= 15 is 0 Å². The first-order valence-electron chi connectivity index (χ1n) is 10.4. The Morgan fingerprint density at radius 2 is 1.29 bits per heavy atom. The lowest BCUT2D eigenvalue weighted by molar-refractivity contribution is -0.127. The summed E-state index contributed by atoms with van der Waals surface area (Å²) in [4.78, 5) is 4.46. The molecule has 0 radical (unpaired) electrons. The second-order valence-corrected chi connectivity index (χ2v) is 8.00. The van der Waals surface area contributed by atoms with Gasteiger partial charge in [-0.15, -0.1) is 0 Å². The van der Waals surface area contributed by atoms with Crippen LogP contribution >= 0.6 is 0 Å². The molecule has 0 aliphatic rings. The zero-order valence-corrected chi connectivity index (χ0v) is 18.4. The SMILES string of the molecule is CCCCCCCCCCC#COOS(=O)(=O)CCOCCOCCOCC. The van der Waals surface area contributed by atoms with Crippen molar-refractivity contribution in [1.82, 2.24) is 0 Å². The van der Waals surface area contributed by atoms with E-state index in [0.717, 1.165) is 12.8 Å². The Balaban J connectivity index is 3.47. The summed E-state index contributed by atoms with van der Waals surface area (Å²) in [5.74, 6) is 2.45. The van der Waals surface area contributed by atoms with Crippen molar-refractivity contribution < 1.29 is 31.8 Å².